The lowest BCUT2D eigenvalue weighted by atomic mass is 10.2. The van der Waals surface area contributed by atoms with Crippen LogP contribution in [-0.2, 0) is 0 Å². The third kappa shape index (κ3) is 1.97. The van der Waals surface area contributed by atoms with E-state index in [1.165, 1.54) is 9.13 Å². The number of halogens is 1. The fraction of sp³-hybridized carbons (Fsp3) is 0.0833. The van der Waals surface area contributed by atoms with E-state index in [4.69, 9.17) is 0 Å². The zero-order valence-corrected chi connectivity index (χ0v) is 10.4. The highest BCUT2D eigenvalue weighted by Crippen LogP contribution is 2.18. The van der Waals surface area contributed by atoms with E-state index in [9.17, 15) is 4.79 Å². The molecule has 0 aliphatic heterocycles. The van der Waals surface area contributed by atoms with Crippen LogP contribution in [0.5, 0.6) is 0 Å². The third-order valence-corrected chi connectivity index (χ3v) is 3.50. The molecule has 3 heteroatoms. The van der Waals surface area contributed by atoms with E-state index in [1.54, 1.807) is 6.07 Å². The first-order valence-electron chi connectivity index (χ1n) is 4.61. The Bertz CT molecular complexity index is 502. The van der Waals surface area contributed by atoms with Gasteiger partial charge in [-0.15, -0.1) is 0 Å². The van der Waals surface area contributed by atoms with E-state index < -0.39 is 0 Å². The van der Waals surface area contributed by atoms with Gasteiger partial charge in [0.15, 0.2) is 6.29 Å². The second-order valence-electron chi connectivity index (χ2n) is 3.35. The van der Waals surface area contributed by atoms with Crippen molar-refractivity contribution >= 4 is 28.9 Å². The number of aldehydes is 1. The molecular formula is C12H10INO. The van der Waals surface area contributed by atoms with Crippen molar-refractivity contribution in [2.75, 3.05) is 0 Å². The zero-order chi connectivity index (χ0) is 10.8. The van der Waals surface area contributed by atoms with Crippen LogP contribution in [0.25, 0.3) is 5.69 Å². The second-order valence-corrected chi connectivity index (χ2v) is 4.52. The Labute approximate surface area is 102 Å². The Morgan fingerprint density at radius 2 is 2.13 bits per heavy atom. The van der Waals surface area contributed by atoms with Gasteiger partial charge in [0.1, 0.15) is 0 Å². The average Bonchev–Trinajstić information content (AvgIpc) is 2.70. The van der Waals surface area contributed by atoms with Crippen molar-refractivity contribution in [1.29, 1.82) is 0 Å². The summed E-state index contributed by atoms with van der Waals surface area (Å²) < 4.78 is 3.09. The Morgan fingerprint density at radius 1 is 1.33 bits per heavy atom. The normalized spacial score (nSPS) is 10.3. The molecule has 1 aromatic heterocycles. The zero-order valence-electron chi connectivity index (χ0n) is 8.27. The van der Waals surface area contributed by atoms with Gasteiger partial charge in [-0.2, -0.15) is 0 Å². The van der Waals surface area contributed by atoms with Crippen molar-refractivity contribution in [2.45, 2.75) is 6.92 Å². The van der Waals surface area contributed by atoms with Gasteiger partial charge in [0.05, 0.1) is 5.69 Å². The summed E-state index contributed by atoms with van der Waals surface area (Å²) in [7, 11) is 0. The number of carbonyl (C=O) groups is 1. The maximum absolute atomic E-state index is 10.8. The number of carbonyl (C=O) groups excluding carboxylic acids is 1. The molecule has 0 saturated carbocycles. The smallest absolute Gasteiger partial charge is 0.166 e. The summed E-state index contributed by atoms with van der Waals surface area (Å²) in [6.07, 6.45) is 2.76. The number of nitrogens with zero attached hydrogens (tertiary/aromatic N) is 1. The second kappa shape index (κ2) is 4.18. The molecule has 1 heterocycles. The molecule has 0 spiro atoms. The Kier molecular flexibility index (Phi) is 2.90. The van der Waals surface area contributed by atoms with Crippen LogP contribution in [0.2, 0.25) is 0 Å². The van der Waals surface area contributed by atoms with E-state index in [0.29, 0.717) is 5.69 Å². The van der Waals surface area contributed by atoms with E-state index in [1.807, 2.05) is 22.9 Å². The molecule has 0 fully saturated rings. The summed E-state index contributed by atoms with van der Waals surface area (Å²) in [5.41, 5.74) is 2.95. The summed E-state index contributed by atoms with van der Waals surface area (Å²) in [6.45, 7) is 2.07. The highest BCUT2D eigenvalue weighted by molar-refractivity contribution is 14.1. The lowest BCUT2D eigenvalue weighted by molar-refractivity contribution is 0.111. The van der Waals surface area contributed by atoms with Crippen LogP contribution in [0.3, 0.4) is 0 Å². The van der Waals surface area contributed by atoms with Gasteiger partial charge in [-0.05, 0) is 59.3 Å². The molecule has 0 aliphatic carbocycles. The fourth-order valence-corrected chi connectivity index (χ4v) is 1.96. The van der Waals surface area contributed by atoms with E-state index in [0.717, 1.165) is 12.0 Å². The highest BCUT2D eigenvalue weighted by atomic mass is 127. The number of hydrogen-bond acceptors (Lipinski definition) is 1. The van der Waals surface area contributed by atoms with Gasteiger partial charge in [0, 0.05) is 15.5 Å². The molecule has 1 aromatic carbocycles. The molecule has 2 rings (SSSR count). The Morgan fingerprint density at radius 3 is 2.80 bits per heavy atom. The molecule has 0 unspecified atom stereocenters. The van der Waals surface area contributed by atoms with Crippen molar-refractivity contribution in [2.24, 2.45) is 0 Å². The van der Waals surface area contributed by atoms with Crippen molar-refractivity contribution in [1.82, 2.24) is 4.57 Å². The maximum Gasteiger partial charge on any atom is 0.166 e. The third-order valence-electron chi connectivity index (χ3n) is 2.33. The lowest BCUT2D eigenvalue weighted by Crippen LogP contribution is -1.98. The Hall–Kier alpha value is -1.10. The molecule has 0 bridgehead atoms. The average molecular weight is 311 g/mol. The summed E-state index contributed by atoms with van der Waals surface area (Å²) in [6, 6.07) is 9.83. The van der Waals surface area contributed by atoms with Crippen molar-refractivity contribution in [3.05, 3.63) is 51.4 Å². The molecule has 0 amide bonds. The van der Waals surface area contributed by atoms with Crippen LogP contribution in [0.1, 0.15) is 16.1 Å². The number of rotatable bonds is 2. The monoisotopic (exact) mass is 311 g/mol. The first kappa shape index (κ1) is 10.4. The summed E-state index contributed by atoms with van der Waals surface area (Å²) in [5.74, 6) is 0. The van der Waals surface area contributed by atoms with Crippen LogP contribution >= 0.6 is 22.6 Å². The number of aromatic nitrogens is 1. The first-order valence-corrected chi connectivity index (χ1v) is 5.69. The van der Waals surface area contributed by atoms with Crippen molar-refractivity contribution < 1.29 is 4.79 Å². The minimum absolute atomic E-state index is 0.676. The predicted octanol–water partition coefficient (Wildman–Crippen LogP) is 3.20. The van der Waals surface area contributed by atoms with Crippen molar-refractivity contribution in [3.63, 3.8) is 0 Å². The van der Waals surface area contributed by atoms with Crippen LogP contribution < -0.4 is 0 Å². The van der Waals surface area contributed by atoms with E-state index in [-0.39, 0.29) is 0 Å². The van der Waals surface area contributed by atoms with Gasteiger partial charge in [-0.25, -0.2) is 0 Å². The number of benzene rings is 1. The number of aryl methyl sites for hydroxylation is 1. The molecule has 2 nitrogen and oxygen atoms in total. The van der Waals surface area contributed by atoms with Crippen LogP contribution in [0.4, 0.5) is 0 Å². The molecule has 15 heavy (non-hydrogen) atoms. The largest absolute Gasteiger partial charge is 0.314 e. The summed E-state index contributed by atoms with van der Waals surface area (Å²) >= 11 is 2.30. The van der Waals surface area contributed by atoms with Gasteiger partial charge < -0.3 is 4.57 Å². The predicted molar refractivity (Wildman–Crippen MR) is 68.6 cm³/mol. The molecule has 76 valence electrons. The van der Waals surface area contributed by atoms with Crippen LogP contribution in [0, 0.1) is 10.5 Å². The molecule has 0 N–H and O–H groups in total. The maximum atomic E-state index is 10.8. The first-order chi connectivity index (χ1) is 7.22. The van der Waals surface area contributed by atoms with E-state index >= 15 is 0 Å². The minimum Gasteiger partial charge on any atom is -0.314 e. The molecule has 0 radical (unpaired) electrons. The summed E-state index contributed by atoms with van der Waals surface area (Å²) in [5, 5.41) is 0. The van der Waals surface area contributed by atoms with Crippen molar-refractivity contribution in [3.8, 4) is 5.69 Å². The lowest BCUT2D eigenvalue weighted by Gasteiger charge is -2.07. The van der Waals surface area contributed by atoms with E-state index in [2.05, 4.69) is 41.6 Å². The molecule has 0 atom stereocenters. The van der Waals surface area contributed by atoms with Gasteiger partial charge in [0.25, 0.3) is 0 Å². The van der Waals surface area contributed by atoms with Gasteiger partial charge in [0.2, 0.25) is 0 Å². The Balaban J connectivity index is 2.54. The molecule has 0 aliphatic rings. The SMILES string of the molecule is Cc1ccc(-n2cccc2C=O)cc1I. The quantitative estimate of drug-likeness (QED) is 0.617. The minimum atomic E-state index is 0.676. The fourth-order valence-electron chi connectivity index (χ4n) is 1.46. The molecular weight excluding hydrogens is 301 g/mol. The summed E-state index contributed by atoms with van der Waals surface area (Å²) in [4.78, 5) is 10.8. The number of hydrogen-bond donors (Lipinski definition) is 0. The van der Waals surface area contributed by atoms with Gasteiger partial charge >= 0.3 is 0 Å². The van der Waals surface area contributed by atoms with Crippen LogP contribution in [0.15, 0.2) is 36.5 Å². The standard InChI is InChI=1S/C12H10INO/c1-9-4-5-10(7-12(9)13)14-6-2-3-11(14)8-15/h2-8H,1H3. The topological polar surface area (TPSA) is 22.0 Å². The molecule has 0 saturated heterocycles. The molecule has 2 aromatic rings. The van der Waals surface area contributed by atoms with Gasteiger partial charge in [-0.1, -0.05) is 6.07 Å². The van der Waals surface area contributed by atoms with Crippen LogP contribution in [-0.4, -0.2) is 10.9 Å². The highest BCUT2D eigenvalue weighted by Gasteiger charge is 2.03. The van der Waals surface area contributed by atoms with Gasteiger partial charge in [-0.3, -0.25) is 4.79 Å².